The van der Waals surface area contributed by atoms with E-state index in [1.54, 1.807) is 30.5 Å². The number of hydrogen-bond donors (Lipinski definition) is 0. The summed E-state index contributed by atoms with van der Waals surface area (Å²) < 4.78 is 6.11. The molecule has 0 unspecified atom stereocenters. The molecule has 1 atom stereocenters. The summed E-state index contributed by atoms with van der Waals surface area (Å²) in [6.45, 7) is 3.85. The number of aliphatic imine (C=N–C) groups is 1. The maximum Gasteiger partial charge on any atom is 0.255 e. The maximum atomic E-state index is 12.9. The topological polar surface area (TPSA) is 81.4 Å². The van der Waals surface area contributed by atoms with Crippen molar-refractivity contribution in [3.05, 3.63) is 47.7 Å². The molecule has 2 aliphatic heterocycles. The Morgan fingerprint density at radius 2 is 2.13 bits per heavy atom. The lowest BCUT2D eigenvalue weighted by molar-refractivity contribution is -0.0255. The summed E-state index contributed by atoms with van der Waals surface area (Å²) in [4.78, 5) is 8.60. The predicted molar refractivity (Wildman–Crippen MR) is 83.1 cm³/mol. The van der Waals surface area contributed by atoms with Crippen LogP contribution in [0.4, 0.5) is 11.5 Å². The van der Waals surface area contributed by atoms with E-state index in [4.69, 9.17) is 10.00 Å². The van der Waals surface area contributed by atoms with Crippen molar-refractivity contribution in [3.63, 3.8) is 0 Å². The van der Waals surface area contributed by atoms with Crippen LogP contribution in [-0.4, -0.2) is 16.9 Å². The van der Waals surface area contributed by atoms with Gasteiger partial charge in [0.05, 0.1) is 23.3 Å². The number of rotatable bonds is 0. The average Bonchev–Trinajstić information content (AvgIpc) is 2.74. The Bertz CT molecular complexity index is 884. The van der Waals surface area contributed by atoms with Gasteiger partial charge >= 0.3 is 0 Å². The van der Waals surface area contributed by atoms with E-state index < -0.39 is 11.1 Å². The number of fused-ring (bicyclic) bond motifs is 2. The van der Waals surface area contributed by atoms with E-state index in [-0.39, 0.29) is 0 Å². The molecule has 0 amide bonds. The number of hydroxylamine groups is 1. The number of nitriles is 1. The molecule has 4 rings (SSSR count). The lowest BCUT2D eigenvalue weighted by Gasteiger charge is -2.41. The SMILES string of the molecule is CC1(C)c2cccnc2N([O])[C@@]12C=Nc1ccc(C#N)cc1O2. The van der Waals surface area contributed by atoms with Crippen LogP contribution < -0.4 is 9.80 Å². The van der Waals surface area contributed by atoms with Crippen molar-refractivity contribution in [1.82, 2.24) is 4.98 Å². The highest BCUT2D eigenvalue weighted by molar-refractivity contribution is 5.86. The van der Waals surface area contributed by atoms with Gasteiger partial charge in [0.1, 0.15) is 11.4 Å². The smallest absolute Gasteiger partial charge is 0.255 e. The molecule has 23 heavy (non-hydrogen) atoms. The van der Waals surface area contributed by atoms with Gasteiger partial charge in [0.2, 0.25) is 0 Å². The highest BCUT2D eigenvalue weighted by Crippen LogP contribution is 2.52. The molecule has 1 spiro atoms. The van der Waals surface area contributed by atoms with E-state index >= 15 is 0 Å². The molecule has 1 radical (unpaired) electrons. The summed E-state index contributed by atoms with van der Waals surface area (Å²) in [5.41, 5.74) is -0.101. The Labute approximate surface area is 133 Å². The molecule has 1 aromatic heterocycles. The molecule has 113 valence electrons. The van der Waals surface area contributed by atoms with Crippen molar-refractivity contribution in [3.8, 4) is 11.8 Å². The van der Waals surface area contributed by atoms with Crippen molar-refractivity contribution in [2.24, 2.45) is 4.99 Å². The van der Waals surface area contributed by atoms with Gasteiger partial charge < -0.3 is 4.74 Å². The zero-order chi connectivity index (χ0) is 16.2. The molecule has 0 aliphatic carbocycles. The van der Waals surface area contributed by atoms with Crippen molar-refractivity contribution in [2.45, 2.75) is 25.0 Å². The zero-order valence-electron chi connectivity index (χ0n) is 12.6. The second-order valence-electron chi connectivity index (χ2n) is 6.14. The molecular weight excluding hydrogens is 292 g/mol. The van der Waals surface area contributed by atoms with Crippen molar-refractivity contribution >= 4 is 17.7 Å². The summed E-state index contributed by atoms with van der Waals surface area (Å²) in [7, 11) is 0. The molecule has 6 heteroatoms. The number of pyridine rings is 1. The summed E-state index contributed by atoms with van der Waals surface area (Å²) in [6.07, 6.45) is 3.12. The molecular formula is C17H13N4O2. The van der Waals surface area contributed by atoms with Crippen LogP contribution in [-0.2, 0) is 10.6 Å². The Morgan fingerprint density at radius 3 is 2.87 bits per heavy atom. The van der Waals surface area contributed by atoms with Crippen LogP contribution >= 0.6 is 0 Å². The average molecular weight is 305 g/mol. The molecule has 6 nitrogen and oxygen atoms in total. The minimum Gasteiger partial charge on any atom is -0.457 e. The van der Waals surface area contributed by atoms with Crippen LogP contribution in [0.25, 0.3) is 0 Å². The molecule has 1 aromatic carbocycles. The fourth-order valence-electron chi connectivity index (χ4n) is 3.16. The highest BCUT2D eigenvalue weighted by atomic mass is 16.6. The van der Waals surface area contributed by atoms with Crippen LogP contribution in [0.5, 0.6) is 5.75 Å². The van der Waals surface area contributed by atoms with Gasteiger partial charge in [0, 0.05) is 17.8 Å². The van der Waals surface area contributed by atoms with Crippen molar-refractivity contribution in [1.29, 1.82) is 5.26 Å². The molecule has 0 saturated heterocycles. The largest absolute Gasteiger partial charge is 0.457 e. The predicted octanol–water partition coefficient (Wildman–Crippen LogP) is 2.89. The first kappa shape index (κ1) is 13.7. The molecule has 0 fully saturated rings. The second kappa shape index (κ2) is 4.31. The first-order chi connectivity index (χ1) is 11.0. The lowest BCUT2D eigenvalue weighted by atomic mass is 9.78. The third-order valence-corrected chi connectivity index (χ3v) is 4.58. The van der Waals surface area contributed by atoms with E-state index in [2.05, 4.69) is 16.0 Å². The van der Waals surface area contributed by atoms with Gasteiger partial charge in [-0.15, -0.1) is 0 Å². The van der Waals surface area contributed by atoms with Gasteiger partial charge in [-0.25, -0.2) is 4.98 Å². The number of hydrogen-bond acceptors (Lipinski definition) is 5. The van der Waals surface area contributed by atoms with Crippen LogP contribution in [0.3, 0.4) is 0 Å². The third kappa shape index (κ3) is 1.60. The number of nitrogens with zero attached hydrogens (tertiary/aromatic N) is 4. The molecule has 0 bridgehead atoms. The lowest BCUT2D eigenvalue weighted by Crippen LogP contribution is -2.60. The van der Waals surface area contributed by atoms with E-state index in [0.717, 1.165) is 10.6 Å². The van der Waals surface area contributed by atoms with Gasteiger partial charge in [-0.2, -0.15) is 10.3 Å². The molecule has 0 N–H and O–H groups in total. The van der Waals surface area contributed by atoms with Gasteiger partial charge in [-0.05, 0) is 32.0 Å². The number of benzene rings is 1. The normalized spacial score (nSPS) is 23.1. The Kier molecular flexibility index (Phi) is 2.57. The van der Waals surface area contributed by atoms with Crippen LogP contribution in [0.15, 0.2) is 41.5 Å². The fraction of sp³-hybridized carbons (Fsp3) is 0.235. The maximum absolute atomic E-state index is 12.9. The molecule has 0 saturated carbocycles. The van der Waals surface area contributed by atoms with Gasteiger partial charge in [0.15, 0.2) is 5.82 Å². The Hall–Kier alpha value is -2.91. The first-order valence-electron chi connectivity index (χ1n) is 7.21. The third-order valence-electron chi connectivity index (χ3n) is 4.58. The molecule has 3 heterocycles. The van der Waals surface area contributed by atoms with E-state index in [9.17, 15) is 5.21 Å². The van der Waals surface area contributed by atoms with E-state index in [1.165, 1.54) is 6.21 Å². The number of aromatic nitrogens is 1. The summed E-state index contributed by atoms with van der Waals surface area (Å²) in [5, 5.41) is 22.8. The summed E-state index contributed by atoms with van der Waals surface area (Å²) in [5.74, 6) is 0.761. The quantitative estimate of drug-likeness (QED) is 0.749. The van der Waals surface area contributed by atoms with Crippen LogP contribution in [0, 0.1) is 11.3 Å². The monoisotopic (exact) mass is 305 g/mol. The Morgan fingerprint density at radius 1 is 1.30 bits per heavy atom. The van der Waals surface area contributed by atoms with Crippen LogP contribution in [0.1, 0.15) is 25.0 Å². The number of anilines is 1. The summed E-state index contributed by atoms with van der Waals surface area (Å²) in [6, 6.07) is 10.7. The number of ether oxygens (including phenoxy) is 1. The fourth-order valence-corrected chi connectivity index (χ4v) is 3.16. The van der Waals surface area contributed by atoms with Gasteiger partial charge in [-0.1, -0.05) is 11.3 Å². The van der Waals surface area contributed by atoms with Crippen molar-refractivity contribution < 1.29 is 9.94 Å². The van der Waals surface area contributed by atoms with Gasteiger partial charge in [-0.3, -0.25) is 4.99 Å². The Balaban J connectivity index is 1.89. The van der Waals surface area contributed by atoms with E-state index in [1.807, 2.05) is 19.9 Å². The highest BCUT2D eigenvalue weighted by Gasteiger charge is 2.61. The molecule has 2 aromatic rings. The van der Waals surface area contributed by atoms with E-state index in [0.29, 0.717) is 22.8 Å². The zero-order valence-corrected chi connectivity index (χ0v) is 12.6. The van der Waals surface area contributed by atoms with Crippen LogP contribution in [0.2, 0.25) is 0 Å². The molecule has 2 aliphatic rings. The first-order valence-corrected chi connectivity index (χ1v) is 7.21. The van der Waals surface area contributed by atoms with Gasteiger partial charge in [0.25, 0.3) is 5.72 Å². The second-order valence-corrected chi connectivity index (χ2v) is 6.14. The minimum absolute atomic E-state index is 0.337. The van der Waals surface area contributed by atoms with Crippen molar-refractivity contribution in [2.75, 3.05) is 5.06 Å². The summed E-state index contributed by atoms with van der Waals surface area (Å²) >= 11 is 0. The standard InChI is InChI=1S/C17H13N4O2/c1-16(2)12-4-3-7-19-15(12)21(22)17(16)10-20-13-6-5-11(9-18)8-14(13)23-17/h3-8,10H,1-2H3/t17-/m1/s1. The minimum atomic E-state index is -1.31.